The van der Waals surface area contributed by atoms with Crippen LogP contribution in [0.2, 0.25) is 0 Å². The fraction of sp³-hybridized carbons (Fsp3) is 0.895. The summed E-state index contributed by atoms with van der Waals surface area (Å²) in [5.41, 5.74) is -0.163. The molecule has 0 saturated heterocycles. The summed E-state index contributed by atoms with van der Waals surface area (Å²) in [5, 5.41) is 0. The molecule has 22 heavy (non-hydrogen) atoms. The first kappa shape index (κ1) is 14.8. The highest BCUT2D eigenvalue weighted by atomic mass is 19.1. The molecule has 4 aliphatic rings. The van der Waals surface area contributed by atoms with Crippen LogP contribution in [0.5, 0.6) is 0 Å². The van der Waals surface area contributed by atoms with E-state index in [1.807, 2.05) is 6.92 Å². The number of hydrogen-bond donors (Lipinski definition) is 0. The maximum atomic E-state index is 14.1. The first-order valence-corrected chi connectivity index (χ1v) is 9.06. The van der Waals surface area contributed by atoms with E-state index in [9.17, 15) is 14.0 Å². The molecule has 4 aliphatic carbocycles. The molecule has 0 aromatic rings. The van der Waals surface area contributed by atoms with Gasteiger partial charge >= 0.3 is 0 Å². The van der Waals surface area contributed by atoms with E-state index < -0.39 is 11.6 Å². The Bertz CT molecular complexity index is 530. The maximum absolute atomic E-state index is 14.1. The molecule has 2 nitrogen and oxygen atoms in total. The zero-order chi connectivity index (χ0) is 15.7. The van der Waals surface area contributed by atoms with Gasteiger partial charge in [-0.05, 0) is 67.6 Å². The van der Waals surface area contributed by atoms with Crippen molar-refractivity contribution < 1.29 is 14.0 Å². The van der Waals surface area contributed by atoms with Crippen LogP contribution in [-0.4, -0.2) is 17.7 Å². The lowest BCUT2D eigenvalue weighted by atomic mass is 9.45. The third-order valence-corrected chi connectivity index (χ3v) is 8.18. The van der Waals surface area contributed by atoms with E-state index in [2.05, 4.69) is 6.92 Å². The van der Waals surface area contributed by atoms with E-state index in [4.69, 9.17) is 0 Å². The fourth-order valence-electron chi connectivity index (χ4n) is 6.79. The minimum atomic E-state index is -1.23. The molecule has 0 radical (unpaired) electrons. The van der Waals surface area contributed by atoms with E-state index in [0.29, 0.717) is 30.0 Å². The number of halogens is 1. The zero-order valence-electron chi connectivity index (χ0n) is 13.7. The van der Waals surface area contributed by atoms with Crippen LogP contribution >= 0.6 is 0 Å². The smallest absolute Gasteiger partial charge is 0.173 e. The van der Waals surface area contributed by atoms with Crippen LogP contribution in [-0.2, 0) is 9.59 Å². The molecule has 4 fully saturated rings. The summed E-state index contributed by atoms with van der Waals surface area (Å²) < 4.78 is 14.1. The Kier molecular flexibility index (Phi) is 3.13. The SMILES string of the molecule is C[C@]12CCC(=O)CC1CC[C@@H]1[C@H]2CC[C@]2(C)C(=O)C(F)C[C@@H]12. The van der Waals surface area contributed by atoms with Gasteiger partial charge in [-0.2, -0.15) is 0 Å². The Morgan fingerprint density at radius 2 is 1.82 bits per heavy atom. The second-order valence-electron chi connectivity index (χ2n) is 8.92. The average molecular weight is 306 g/mol. The van der Waals surface area contributed by atoms with Crippen LogP contribution in [0.4, 0.5) is 4.39 Å². The highest BCUT2D eigenvalue weighted by molar-refractivity contribution is 5.91. The summed E-state index contributed by atoms with van der Waals surface area (Å²) in [6.45, 7) is 4.40. The van der Waals surface area contributed by atoms with Crippen LogP contribution < -0.4 is 0 Å². The van der Waals surface area contributed by atoms with Crippen LogP contribution in [0.3, 0.4) is 0 Å². The van der Waals surface area contributed by atoms with Gasteiger partial charge in [0.1, 0.15) is 5.78 Å². The second kappa shape index (κ2) is 4.64. The minimum Gasteiger partial charge on any atom is -0.300 e. The molecule has 4 saturated carbocycles. The monoisotopic (exact) mass is 306 g/mol. The molecule has 122 valence electrons. The maximum Gasteiger partial charge on any atom is 0.173 e. The molecule has 3 heteroatoms. The molecule has 0 bridgehead atoms. The van der Waals surface area contributed by atoms with Crippen molar-refractivity contribution in [3.63, 3.8) is 0 Å². The Hall–Kier alpha value is -0.730. The summed E-state index contributed by atoms with van der Waals surface area (Å²) in [4.78, 5) is 24.2. The molecule has 7 atom stereocenters. The molecule has 0 aromatic carbocycles. The molecule has 4 rings (SSSR count). The average Bonchev–Trinajstić information content (AvgIpc) is 2.72. The largest absolute Gasteiger partial charge is 0.300 e. The van der Waals surface area contributed by atoms with Gasteiger partial charge in [-0.15, -0.1) is 0 Å². The molecule has 0 heterocycles. The Labute approximate surface area is 132 Å². The van der Waals surface area contributed by atoms with Crippen molar-refractivity contribution in [2.45, 2.75) is 71.4 Å². The van der Waals surface area contributed by atoms with Gasteiger partial charge in [0.15, 0.2) is 12.0 Å². The summed E-state index contributed by atoms with van der Waals surface area (Å²) >= 11 is 0. The molecule has 0 amide bonds. The molecule has 0 aliphatic heterocycles. The van der Waals surface area contributed by atoms with Gasteiger partial charge in [-0.3, -0.25) is 9.59 Å². The van der Waals surface area contributed by atoms with Crippen molar-refractivity contribution in [3.8, 4) is 0 Å². The number of fused-ring (bicyclic) bond motifs is 5. The predicted octanol–water partition coefficient (Wildman–Crippen LogP) is 4.12. The van der Waals surface area contributed by atoms with Crippen LogP contribution in [0, 0.1) is 34.5 Å². The van der Waals surface area contributed by atoms with E-state index in [1.54, 1.807) is 0 Å². The number of alkyl halides is 1. The van der Waals surface area contributed by atoms with E-state index in [0.717, 1.165) is 44.9 Å². The topological polar surface area (TPSA) is 34.1 Å². The predicted molar refractivity (Wildman–Crippen MR) is 82.0 cm³/mol. The molecule has 0 spiro atoms. The number of carbonyl (C=O) groups excluding carboxylic acids is 2. The summed E-state index contributed by atoms with van der Waals surface area (Å²) in [5.74, 6) is 2.17. The summed E-state index contributed by atoms with van der Waals surface area (Å²) in [6.07, 6.45) is 5.82. The van der Waals surface area contributed by atoms with Crippen molar-refractivity contribution in [2.24, 2.45) is 34.5 Å². The van der Waals surface area contributed by atoms with Crippen LogP contribution in [0.1, 0.15) is 65.2 Å². The quantitative estimate of drug-likeness (QED) is 0.675. The van der Waals surface area contributed by atoms with E-state index in [-0.39, 0.29) is 17.1 Å². The van der Waals surface area contributed by atoms with Gasteiger partial charge in [0, 0.05) is 18.3 Å². The van der Waals surface area contributed by atoms with Crippen molar-refractivity contribution in [2.75, 3.05) is 0 Å². The molecule has 2 unspecified atom stereocenters. The Balaban J connectivity index is 1.66. The van der Waals surface area contributed by atoms with Crippen molar-refractivity contribution in [1.82, 2.24) is 0 Å². The second-order valence-corrected chi connectivity index (χ2v) is 8.92. The van der Waals surface area contributed by atoms with Crippen molar-refractivity contribution in [1.29, 1.82) is 0 Å². The number of Topliss-reactive ketones (excluding diaryl/α,β-unsaturated/α-hetero) is 2. The highest BCUT2D eigenvalue weighted by Gasteiger charge is 2.62. The molecule has 0 N–H and O–H groups in total. The van der Waals surface area contributed by atoms with Gasteiger partial charge in [0.2, 0.25) is 0 Å². The molecular weight excluding hydrogens is 279 g/mol. The van der Waals surface area contributed by atoms with Crippen molar-refractivity contribution in [3.05, 3.63) is 0 Å². The van der Waals surface area contributed by atoms with Gasteiger partial charge in [0.25, 0.3) is 0 Å². The van der Waals surface area contributed by atoms with Crippen LogP contribution in [0.15, 0.2) is 0 Å². The van der Waals surface area contributed by atoms with E-state index in [1.165, 1.54) is 0 Å². The van der Waals surface area contributed by atoms with Crippen molar-refractivity contribution >= 4 is 11.6 Å². The van der Waals surface area contributed by atoms with E-state index >= 15 is 0 Å². The summed E-state index contributed by atoms with van der Waals surface area (Å²) in [7, 11) is 0. The lowest BCUT2D eigenvalue weighted by Crippen LogP contribution is -2.53. The number of rotatable bonds is 0. The third-order valence-electron chi connectivity index (χ3n) is 8.18. The Morgan fingerprint density at radius 1 is 1.05 bits per heavy atom. The standard InChI is InChI=1S/C19H27FO2/c1-18-7-5-12(21)9-11(18)3-4-13-14(18)6-8-19(2)15(13)10-16(20)17(19)22/h11,13-16H,3-10H2,1-2H3/t11?,13-,14-,15+,16?,18+,19+/m1/s1. The lowest BCUT2D eigenvalue weighted by Gasteiger charge is -2.59. The first-order chi connectivity index (χ1) is 10.4. The number of carbonyl (C=O) groups is 2. The molecule has 0 aromatic heterocycles. The Morgan fingerprint density at radius 3 is 2.59 bits per heavy atom. The zero-order valence-corrected chi connectivity index (χ0v) is 13.7. The number of hydrogen-bond acceptors (Lipinski definition) is 2. The summed E-state index contributed by atoms with van der Waals surface area (Å²) in [6, 6.07) is 0. The van der Waals surface area contributed by atoms with Gasteiger partial charge in [-0.25, -0.2) is 4.39 Å². The minimum absolute atomic E-state index is 0.123. The lowest BCUT2D eigenvalue weighted by molar-refractivity contribution is -0.144. The van der Waals surface area contributed by atoms with Gasteiger partial charge in [-0.1, -0.05) is 13.8 Å². The molecular formula is C19H27FO2. The highest BCUT2D eigenvalue weighted by Crippen LogP contribution is 2.65. The first-order valence-electron chi connectivity index (χ1n) is 9.06. The fourth-order valence-corrected chi connectivity index (χ4v) is 6.79. The van der Waals surface area contributed by atoms with Gasteiger partial charge < -0.3 is 0 Å². The number of ketones is 2. The van der Waals surface area contributed by atoms with Crippen LogP contribution in [0.25, 0.3) is 0 Å². The van der Waals surface area contributed by atoms with Gasteiger partial charge in [0.05, 0.1) is 0 Å². The third kappa shape index (κ3) is 1.77. The normalized spacial score (nSPS) is 54.6.